The molecule has 4 heteroatoms. The summed E-state index contributed by atoms with van der Waals surface area (Å²) in [4.78, 5) is 4.10. The summed E-state index contributed by atoms with van der Waals surface area (Å²) >= 11 is 0. The van der Waals surface area contributed by atoms with Crippen molar-refractivity contribution in [1.82, 2.24) is 4.98 Å². The largest absolute Gasteiger partial charge is 0.396 e. The minimum atomic E-state index is 0.262. The Morgan fingerprint density at radius 1 is 1.57 bits per heavy atom. The molecule has 0 amide bonds. The lowest BCUT2D eigenvalue weighted by molar-refractivity contribution is 0.0870. The van der Waals surface area contributed by atoms with E-state index in [2.05, 4.69) is 10.3 Å². The molecule has 0 saturated heterocycles. The number of aromatic nitrogens is 1. The molecular weight excluding hydrogens is 178 g/mol. The smallest absolute Gasteiger partial charge is 0.149 e. The Kier molecular flexibility index (Phi) is 4.19. The van der Waals surface area contributed by atoms with Crippen molar-refractivity contribution in [3.05, 3.63) is 18.3 Å². The lowest BCUT2D eigenvalue weighted by Gasteiger charge is -2.09. The predicted molar refractivity (Wildman–Crippen MR) is 58.2 cm³/mol. The molecule has 0 bridgehead atoms. The van der Waals surface area contributed by atoms with Gasteiger partial charge in [0.05, 0.1) is 18.4 Å². The normalized spacial score (nSPS) is 10.5. The summed E-state index contributed by atoms with van der Waals surface area (Å²) in [5.41, 5.74) is 6.36. The molecule has 1 heterocycles. The second kappa shape index (κ2) is 5.44. The van der Waals surface area contributed by atoms with E-state index in [4.69, 9.17) is 10.5 Å². The van der Waals surface area contributed by atoms with Crippen molar-refractivity contribution in [2.24, 2.45) is 0 Å². The van der Waals surface area contributed by atoms with Crippen LogP contribution in [0.15, 0.2) is 18.3 Å². The molecule has 0 fully saturated rings. The monoisotopic (exact) mass is 195 g/mol. The summed E-state index contributed by atoms with van der Waals surface area (Å²) in [5.74, 6) is 0.722. The van der Waals surface area contributed by atoms with Crippen LogP contribution in [0.3, 0.4) is 0 Å². The van der Waals surface area contributed by atoms with Gasteiger partial charge < -0.3 is 15.8 Å². The van der Waals surface area contributed by atoms with Crippen LogP contribution in [0.4, 0.5) is 11.5 Å². The minimum absolute atomic E-state index is 0.262. The van der Waals surface area contributed by atoms with E-state index in [1.165, 1.54) is 0 Å². The lowest BCUT2D eigenvalue weighted by atomic mass is 10.4. The number of hydrogen-bond donors (Lipinski definition) is 2. The van der Waals surface area contributed by atoms with Gasteiger partial charge in [-0.25, -0.2) is 4.98 Å². The van der Waals surface area contributed by atoms with E-state index in [0.29, 0.717) is 12.3 Å². The topological polar surface area (TPSA) is 60.2 Å². The third-order valence-corrected chi connectivity index (χ3v) is 1.68. The molecule has 14 heavy (non-hydrogen) atoms. The first-order chi connectivity index (χ1) is 6.70. The van der Waals surface area contributed by atoms with Gasteiger partial charge in [-0.05, 0) is 26.0 Å². The molecule has 1 aromatic rings. The van der Waals surface area contributed by atoms with Crippen LogP contribution in [-0.2, 0) is 4.74 Å². The molecule has 3 N–H and O–H groups in total. The highest BCUT2D eigenvalue weighted by Gasteiger charge is 1.97. The van der Waals surface area contributed by atoms with Crippen molar-refractivity contribution in [3.63, 3.8) is 0 Å². The summed E-state index contributed by atoms with van der Waals surface area (Å²) in [6, 6.07) is 3.63. The van der Waals surface area contributed by atoms with Crippen LogP contribution in [0.5, 0.6) is 0 Å². The summed E-state index contributed by atoms with van der Waals surface area (Å²) in [5, 5.41) is 3.11. The molecule has 4 nitrogen and oxygen atoms in total. The maximum absolute atomic E-state index is 5.70. The van der Waals surface area contributed by atoms with Gasteiger partial charge in [-0.2, -0.15) is 0 Å². The summed E-state index contributed by atoms with van der Waals surface area (Å²) in [6.07, 6.45) is 1.97. The fourth-order valence-corrected chi connectivity index (χ4v) is 1.03. The van der Waals surface area contributed by atoms with Crippen molar-refractivity contribution in [2.45, 2.75) is 20.0 Å². The van der Waals surface area contributed by atoms with E-state index < -0.39 is 0 Å². The molecule has 0 spiro atoms. The molecule has 0 atom stereocenters. The quantitative estimate of drug-likeness (QED) is 0.699. The van der Waals surface area contributed by atoms with Gasteiger partial charge in [0, 0.05) is 12.7 Å². The van der Waals surface area contributed by atoms with E-state index in [1.54, 1.807) is 6.20 Å². The number of nitrogens with two attached hydrogens (primary N) is 1. The van der Waals surface area contributed by atoms with Crippen molar-refractivity contribution >= 4 is 11.5 Å². The molecule has 1 aromatic heterocycles. The van der Waals surface area contributed by atoms with Gasteiger partial charge in [0.25, 0.3) is 0 Å². The van der Waals surface area contributed by atoms with Crippen molar-refractivity contribution in [3.8, 4) is 0 Å². The maximum atomic E-state index is 5.70. The first-order valence-electron chi connectivity index (χ1n) is 4.76. The van der Waals surface area contributed by atoms with Gasteiger partial charge in [0.1, 0.15) is 5.82 Å². The predicted octanol–water partition coefficient (Wildman–Crippen LogP) is 1.50. The lowest BCUT2D eigenvalue weighted by Crippen LogP contribution is -2.14. The molecule has 1 rings (SSSR count). The number of nitrogens with zero attached hydrogens (tertiary/aromatic N) is 1. The zero-order chi connectivity index (χ0) is 10.4. The number of rotatable bonds is 5. The van der Waals surface area contributed by atoms with Gasteiger partial charge in [0.15, 0.2) is 0 Å². The molecule has 78 valence electrons. The highest BCUT2D eigenvalue weighted by Crippen LogP contribution is 2.11. The highest BCUT2D eigenvalue weighted by atomic mass is 16.5. The second-order valence-electron chi connectivity index (χ2n) is 3.29. The van der Waals surface area contributed by atoms with Crippen LogP contribution < -0.4 is 11.1 Å². The van der Waals surface area contributed by atoms with Gasteiger partial charge in [-0.1, -0.05) is 0 Å². The molecule has 0 aliphatic carbocycles. The number of ether oxygens (including phenoxy) is 1. The Balaban J connectivity index is 2.28. The fraction of sp³-hybridized carbons (Fsp3) is 0.500. The number of hydrogen-bond acceptors (Lipinski definition) is 4. The highest BCUT2D eigenvalue weighted by molar-refractivity contribution is 5.60. The van der Waals surface area contributed by atoms with Crippen LogP contribution in [-0.4, -0.2) is 24.2 Å². The Hall–Kier alpha value is -1.29. The summed E-state index contributed by atoms with van der Waals surface area (Å²) in [7, 11) is 0. The molecule has 0 saturated carbocycles. The fourth-order valence-electron chi connectivity index (χ4n) is 1.03. The molecule has 0 aliphatic heterocycles. The average molecular weight is 195 g/mol. The minimum Gasteiger partial charge on any atom is -0.396 e. The van der Waals surface area contributed by atoms with E-state index in [1.807, 2.05) is 26.0 Å². The van der Waals surface area contributed by atoms with Gasteiger partial charge >= 0.3 is 0 Å². The molecular formula is C10H17N3O. The van der Waals surface area contributed by atoms with E-state index in [-0.39, 0.29) is 6.10 Å². The third-order valence-electron chi connectivity index (χ3n) is 1.68. The standard InChI is InChI=1S/C10H17N3O/c1-8(2)14-7-6-13-10-9(11)4-3-5-12-10/h3-5,8H,6-7,11H2,1-2H3,(H,12,13). The van der Waals surface area contributed by atoms with Crippen LogP contribution in [0, 0.1) is 0 Å². The maximum Gasteiger partial charge on any atom is 0.149 e. The zero-order valence-electron chi connectivity index (χ0n) is 8.66. The van der Waals surface area contributed by atoms with E-state index >= 15 is 0 Å². The van der Waals surface area contributed by atoms with Crippen LogP contribution >= 0.6 is 0 Å². The van der Waals surface area contributed by atoms with Gasteiger partial charge in [-0.15, -0.1) is 0 Å². The number of anilines is 2. The van der Waals surface area contributed by atoms with Crippen molar-refractivity contribution < 1.29 is 4.74 Å². The van der Waals surface area contributed by atoms with Crippen LogP contribution in [0.1, 0.15) is 13.8 Å². The number of nitrogens with one attached hydrogen (secondary N) is 1. The SMILES string of the molecule is CC(C)OCCNc1ncccc1N. The molecule has 0 aromatic carbocycles. The first-order valence-corrected chi connectivity index (χ1v) is 4.76. The Morgan fingerprint density at radius 3 is 3.00 bits per heavy atom. The van der Waals surface area contributed by atoms with Crippen LogP contribution in [0.25, 0.3) is 0 Å². The van der Waals surface area contributed by atoms with Crippen molar-refractivity contribution in [1.29, 1.82) is 0 Å². The number of nitrogen functional groups attached to an aromatic ring is 1. The Bertz CT molecular complexity index is 276. The summed E-state index contributed by atoms with van der Waals surface area (Å²) in [6.45, 7) is 5.40. The molecule has 0 radical (unpaired) electrons. The second-order valence-corrected chi connectivity index (χ2v) is 3.29. The zero-order valence-corrected chi connectivity index (χ0v) is 8.66. The number of pyridine rings is 1. The average Bonchev–Trinajstić information content (AvgIpc) is 2.15. The van der Waals surface area contributed by atoms with Gasteiger partial charge in [-0.3, -0.25) is 0 Å². The van der Waals surface area contributed by atoms with E-state index in [9.17, 15) is 0 Å². The summed E-state index contributed by atoms with van der Waals surface area (Å²) < 4.78 is 5.37. The molecule has 0 aliphatic rings. The Morgan fingerprint density at radius 2 is 2.36 bits per heavy atom. The Labute approximate surface area is 84.5 Å². The van der Waals surface area contributed by atoms with Gasteiger partial charge in [0.2, 0.25) is 0 Å². The van der Waals surface area contributed by atoms with Crippen LogP contribution in [0.2, 0.25) is 0 Å². The third kappa shape index (κ3) is 3.62. The molecule has 0 unspecified atom stereocenters. The van der Waals surface area contributed by atoms with Crippen molar-refractivity contribution in [2.75, 3.05) is 24.2 Å². The first kappa shape index (κ1) is 10.8. The van der Waals surface area contributed by atoms with E-state index in [0.717, 1.165) is 12.4 Å².